The minimum absolute atomic E-state index is 0.0596. The first-order valence-electron chi connectivity index (χ1n) is 8.40. The highest BCUT2D eigenvalue weighted by molar-refractivity contribution is 5.94. The third-order valence-electron chi connectivity index (χ3n) is 4.62. The summed E-state index contributed by atoms with van der Waals surface area (Å²) in [6, 6.07) is 3.14. The lowest BCUT2D eigenvalue weighted by Gasteiger charge is -2.31. The second-order valence-electron chi connectivity index (χ2n) is 6.30. The van der Waals surface area contributed by atoms with E-state index >= 15 is 0 Å². The molecule has 3 heterocycles. The summed E-state index contributed by atoms with van der Waals surface area (Å²) in [6.45, 7) is 0.946. The Labute approximate surface area is 152 Å². The van der Waals surface area contributed by atoms with Crippen LogP contribution in [0.15, 0.2) is 37.1 Å². The van der Waals surface area contributed by atoms with Gasteiger partial charge in [-0.15, -0.1) is 0 Å². The van der Waals surface area contributed by atoms with Gasteiger partial charge in [-0.25, -0.2) is 23.1 Å². The van der Waals surface area contributed by atoms with E-state index in [-0.39, 0.29) is 23.2 Å². The highest BCUT2D eigenvalue weighted by atomic mass is 19.1. The number of aromatic hydroxyl groups is 1. The number of aromatic nitrogens is 5. The van der Waals surface area contributed by atoms with Gasteiger partial charge < -0.3 is 10.0 Å². The van der Waals surface area contributed by atoms with Gasteiger partial charge in [-0.2, -0.15) is 10.2 Å². The number of amides is 1. The highest BCUT2D eigenvalue weighted by Crippen LogP contribution is 2.26. The van der Waals surface area contributed by atoms with Crippen molar-refractivity contribution in [1.29, 1.82) is 0 Å². The van der Waals surface area contributed by atoms with E-state index < -0.39 is 17.5 Å². The smallest absolute Gasteiger partial charge is 0.278 e. The molecule has 1 fully saturated rings. The predicted molar refractivity (Wildman–Crippen MR) is 89.3 cm³/mol. The fourth-order valence-corrected chi connectivity index (χ4v) is 3.20. The lowest BCUT2D eigenvalue weighted by molar-refractivity contribution is 0.0680. The number of piperidine rings is 1. The zero-order valence-electron chi connectivity index (χ0n) is 14.2. The van der Waals surface area contributed by atoms with Crippen molar-refractivity contribution >= 4 is 5.91 Å². The van der Waals surface area contributed by atoms with E-state index in [4.69, 9.17) is 0 Å². The summed E-state index contributed by atoms with van der Waals surface area (Å²) in [5, 5.41) is 18.2. The molecule has 0 spiro atoms. The van der Waals surface area contributed by atoms with Crippen molar-refractivity contribution in [3.05, 3.63) is 54.4 Å². The zero-order chi connectivity index (χ0) is 19.0. The minimum atomic E-state index is -0.842. The second kappa shape index (κ2) is 6.78. The maximum Gasteiger partial charge on any atom is 0.278 e. The number of benzene rings is 1. The van der Waals surface area contributed by atoms with Crippen molar-refractivity contribution in [3.63, 3.8) is 0 Å². The fraction of sp³-hybridized carbons (Fsp3) is 0.294. The molecule has 1 amide bonds. The number of carbonyl (C=O) groups excluding carboxylic acids is 1. The predicted octanol–water partition coefficient (Wildman–Crippen LogP) is 1.92. The monoisotopic (exact) mass is 374 g/mol. The Morgan fingerprint density at radius 1 is 1.22 bits per heavy atom. The second-order valence-corrected chi connectivity index (χ2v) is 6.30. The molecule has 4 rings (SSSR count). The van der Waals surface area contributed by atoms with Crippen molar-refractivity contribution in [2.75, 3.05) is 13.1 Å². The van der Waals surface area contributed by atoms with Crippen LogP contribution >= 0.6 is 0 Å². The number of hydrogen-bond donors (Lipinski definition) is 1. The lowest BCUT2D eigenvalue weighted by atomic mass is 10.1. The Balaban J connectivity index is 1.50. The lowest BCUT2D eigenvalue weighted by Crippen LogP contribution is -2.39. The van der Waals surface area contributed by atoms with E-state index in [2.05, 4.69) is 15.2 Å². The van der Waals surface area contributed by atoms with E-state index in [1.54, 1.807) is 15.9 Å². The van der Waals surface area contributed by atoms with Gasteiger partial charge in [0, 0.05) is 19.2 Å². The fourth-order valence-electron chi connectivity index (χ4n) is 3.20. The van der Waals surface area contributed by atoms with Crippen LogP contribution in [-0.4, -0.2) is 53.5 Å². The van der Waals surface area contributed by atoms with Crippen LogP contribution < -0.4 is 0 Å². The minimum Gasteiger partial charge on any atom is -0.504 e. The highest BCUT2D eigenvalue weighted by Gasteiger charge is 2.28. The first-order chi connectivity index (χ1) is 13.0. The molecule has 0 atom stereocenters. The summed E-state index contributed by atoms with van der Waals surface area (Å²) < 4.78 is 29.8. The van der Waals surface area contributed by atoms with Crippen molar-refractivity contribution in [3.8, 4) is 11.4 Å². The van der Waals surface area contributed by atoms with Crippen LogP contribution in [0, 0.1) is 11.6 Å². The summed E-state index contributed by atoms with van der Waals surface area (Å²) in [5.74, 6) is -2.36. The van der Waals surface area contributed by atoms with Crippen molar-refractivity contribution < 1.29 is 18.7 Å². The van der Waals surface area contributed by atoms with Gasteiger partial charge in [0.1, 0.15) is 24.2 Å². The summed E-state index contributed by atoms with van der Waals surface area (Å²) in [5.41, 5.74) is -0.228. The van der Waals surface area contributed by atoms with Gasteiger partial charge in [-0.3, -0.25) is 4.79 Å². The number of rotatable bonds is 3. The molecule has 1 saturated heterocycles. The van der Waals surface area contributed by atoms with E-state index in [1.807, 2.05) is 0 Å². The standard InChI is InChI=1S/C17H16F2N6O2/c18-11-1-2-14(13(19)7-11)24-8-15(26)16(22-24)17(27)23-5-3-12(4-6-23)25-10-20-9-21-25/h1-2,7-10,12,26H,3-6H2. The summed E-state index contributed by atoms with van der Waals surface area (Å²) in [6.07, 6.45) is 5.64. The van der Waals surface area contributed by atoms with Gasteiger partial charge in [0.15, 0.2) is 17.3 Å². The van der Waals surface area contributed by atoms with Gasteiger partial charge in [0.25, 0.3) is 5.91 Å². The first-order valence-corrected chi connectivity index (χ1v) is 8.40. The Bertz CT molecular complexity index is 964. The molecule has 0 unspecified atom stereocenters. The molecule has 2 aromatic heterocycles. The van der Waals surface area contributed by atoms with Gasteiger partial charge in [0.05, 0.1) is 12.2 Å². The summed E-state index contributed by atoms with van der Waals surface area (Å²) in [7, 11) is 0. The summed E-state index contributed by atoms with van der Waals surface area (Å²) in [4.78, 5) is 18.2. The molecule has 0 saturated carbocycles. The molecule has 8 nitrogen and oxygen atoms in total. The van der Waals surface area contributed by atoms with Crippen LogP contribution in [0.2, 0.25) is 0 Å². The molecule has 0 bridgehead atoms. The van der Waals surface area contributed by atoms with Crippen molar-refractivity contribution in [2.45, 2.75) is 18.9 Å². The third kappa shape index (κ3) is 3.25. The summed E-state index contributed by atoms with van der Waals surface area (Å²) >= 11 is 0. The van der Waals surface area contributed by atoms with E-state index in [0.717, 1.165) is 16.9 Å². The number of hydrogen-bond acceptors (Lipinski definition) is 5. The Hall–Kier alpha value is -3.30. The molecule has 1 aromatic carbocycles. The van der Waals surface area contributed by atoms with Crippen LogP contribution in [0.5, 0.6) is 5.75 Å². The average Bonchev–Trinajstić information content (AvgIpc) is 3.31. The largest absolute Gasteiger partial charge is 0.504 e. The van der Waals surface area contributed by atoms with Crippen molar-refractivity contribution in [2.24, 2.45) is 0 Å². The normalized spacial score (nSPS) is 15.3. The number of nitrogens with zero attached hydrogens (tertiary/aromatic N) is 6. The van der Waals surface area contributed by atoms with Crippen LogP contribution in [0.1, 0.15) is 29.4 Å². The molecule has 0 radical (unpaired) electrons. The van der Waals surface area contributed by atoms with Gasteiger partial charge in [-0.1, -0.05) is 0 Å². The van der Waals surface area contributed by atoms with Crippen LogP contribution in [-0.2, 0) is 0 Å². The van der Waals surface area contributed by atoms with Crippen LogP contribution in [0.3, 0.4) is 0 Å². The van der Waals surface area contributed by atoms with Gasteiger partial charge in [-0.05, 0) is 25.0 Å². The maximum absolute atomic E-state index is 13.9. The molecule has 1 N–H and O–H groups in total. The molecule has 1 aliphatic rings. The first kappa shape index (κ1) is 17.1. The molecule has 140 valence electrons. The van der Waals surface area contributed by atoms with Crippen LogP contribution in [0.25, 0.3) is 5.69 Å². The molecular formula is C17H16F2N6O2. The molecule has 1 aliphatic heterocycles. The SMILES string of the molecule is O=C(c1nn(-c2ccc(F)cc2F)cc1O)N1CCC(n2cncn2)CC1. The maximum atomic E-state index is 13.9. The number of carbonyl (C=O) groups is 1. The van der Waals surface area contributed by atoms with Gasteiger partial charge >= 0.3 is 0 Å². The molecule has 3 aromatic rings. The Morgan fingerprint density at radius 3 is 2.67 bits per heavy atom. The molecular weight excluding hydrogens is 358 g/mol. The van der Waals surface area contributed by atoms with Gasteiger partial charge in [0.2, 0.25) is 0 Å². The van der Waals surface area contributed by atoms with Crippen LogP contribution in [0.4, 0.5) is 8.78 Å². The molecule has 0 aliphatic carbocycles. The zero-order valence-corrected chi connectivity index (χ0v) is 14.2. The molecule has 27 heavy (non-hydrogen) atoms. The average molecular weight is 374 g/mol. The Kier molecular flexibility index (Phi) is 4.30. The third-order valence-corrected chi connectivity index (χ3v) is 4.62. The topological polar surface area (TPSA) is 89.1 Å². The van der Waals surface area contributed by atoms with E-state index in [0.29, 0.717) is 32.0 Å². The quantitative estimate of drug-likeness (QED) is 0.757. The van der Waals surface area contributed by atoms with E-state index in [9.17, 15) is 18.7 Å². The number of halogens is 2. The Morgan fingerprint density at radius 2 is 2.00 bits per heavy atom. The van der Waals surface area contributed by atoms with E-state index in [1.165, 1.54) is 12.4 Å². The van der Waals surface area contributed by atoms with Crippen molar-refractivity contribution in [1.82, 2.24) is 29.4 Å². The molecule has 10 heteroatoms. The number of likely N-dealkylation sites (tertiary alicyclic amines) is 1.